The van der Waals surface area contributed by atoms with Crippen LogP contribution in [-0.2, 0) is 17.8 Å². The van der Waals surface area contributed by atoms with Gasteiger partial charge in [-0.3, -0.25) is 9.78 Å². The van der Waals surface area contributed by atoms with Gasteiger partial charge in [-0.1, -0.05) is 19.4 Å². The van der Waals surface area contributed by atoms with Crippen LogP contribution in [0.25, 0.3) is 0 Å². The van der Waals surface area contributed by atoms with Gasteiger partial charge in [0.15, 0.2) is 0 Å². The van der Waals surface area contributed by atoms with Crippen molar-refractivity contribution in [3.05, 3.63) is 52.0 Å². The third-order valence-corrected chi connectivity index (χ3v) is 5.25. The maximum Gasteiger partial charge on any atom is 0.254 e. The van der Waals surface area contributed by atoms with E-state index in [-0.39, 0.29) is 12.0 Å². The Bertz CT molecular complexity index is 656. The van der Waals surface area contributed by atoms with Crippen LogP contribution >= 0.6 is 11.3 Å². The van der Waals surface area contributed by atoms with E-state index in [1.165, 1.54) is 4.88 Å². The first-order valence-electron chi connectivity index (χ1n) is 8.64. The molecule has 3 heterocycles. The Labute approximate surface area is 147 Å². The smallest absolute Gasteiger partial charge is 0.254 e. The van der Waals surface area contributed by atoms with Crippen LogP contribution in [0.4, 0.5) is 0 Å². The molecule has 1 saturated heterocycles. The van der Waals surface area contributed by atoms with Crippen molar-refractivity contribution in [3.8, 4) is 0 Å². The molecule has 0 radical (unpaired) electrons. The molecule has 24 heavy (non-hydrogen) atoms. The maximum absolute atomic E-state index is 12.7. The van der Waals surface area contributed by atoms with Crippen LogP contribution in [0.1, 0.15) is 47.1 Å². The van der Waals surface area contributed by atoms with Crippen LogP contribution in [0.3, 0.4) is 0 Å². The van der Waals surface area contributed by atoms with Crippen molar-refractivity contribution in [1.29, 1.82) is 0 Å². The van der Waals surface area contributed by atoms with Gasteiger partial charge in [-0.15, -0.1) is 11.3 Å². The summed E-state index contributed by atoms with van der Waals surface area (Å²) >= 11 is 1.69. The normalized spacial score (nSPS) is 17.9. The van der Waals surface area contributed by atoms with Gasteiger partial charge in [-0.2, -0.15) is 0 Å². The Kier molecular flexibility index (Phi) is 5.99. The Morgan fingerprint density at radius 1 is 1.46 bits per heavy atom. The molecule has 5 heteroatoms. The zero-order chi connectivity index (χ0) is 16.8. The number of carbonyl (C=O) groups excluding carboxylic acids is 1. The summed E-state index contributed by atoms with van der Waals surface area (Å²) in [7, 11) is 0. The third-order valence-electron chi connectivity index (χ3n) is 4.26. The fourth-order valence-electron chi connectivity index (χ4n) is 3.00. The molecule has 4 nitrogen and oxygen atoms in total. The largest absolute Gasteiger partial charge is 0.370 e. The van der Waals surface area contributed by atoms with Crippen molar-refractivity contribution in [3.63, 3.8) is 0 Å². The van der Waals surface area contributed by atoms with Gasteiger partial charge < -0.3 is 9.64 Å². The van der Waals surface area contributed by atoms with E-state index in [1.54, 1.807) is 17.5 Å². The maximum atomic E-state index is 12.7. The van der Waals surface area contributed by atoms with Crippen LogP contribution in [0.2, 0.25) is 0 Å². The molecule has 0 aromatic carbocycles. The van der Waals surface area contributed by atoms with Gasteiger partial charge in [0.1, 0.15) is 0 Å². The molecule has 0 bridgehead atoms. The van der Waals surface area contributed by atoms with Crippen molar-refractivity contribution in [1.82, 2.24) is 9.88 Å². The van der Waals surface area contributed by atoms with Gasteiger partial charge in [-0.05, 0) is 37.5 Å². The van der Waals surface area contributed by atoms with Crippen molar-refractivity contribution in [2.45, 2.75) is 45.3 Å². The van der Waals surface area contributed by atoms with Crippen molar-refractivity contribution in [2.75, 3.05) is 13.1 Å². The van der Waals surface area contributed by atoms with Crippen LogP contribution in [0.5, 0.6) is 0 Å². The number of hydrogen-bond acceptors (Lipinski definition) is 4. The molecule has 3 rings (SSSR count). The first-order chi connectivity index (χ1) is 11.8. The molecule has 1 atom stereocenters. The molecule has 1 aliphatic heterocycles. The molecule has 128 valence electrons. The molecule has 0 saturated carbocycles. The quantitative estimate of drug-likeness (QED) is 0.798. The highest BCUT2D eigenvalue weighted by Crippen LogP contribution is 2.21. The van der Waals surface area contributed by atoms with Gasteiger partial charge in [0.05, 0.1) is 24.0 Å². The van der Waals surface area contributed by atoms with E-state index >= 15 is 0 Å². The average Bonchev–Trinajstić information content (AvgIpc) is 3.09. The second kappa shape index (κ2) is 8.40. The summed E-state index contributed by atoms with van der Waals surface area (Å²) in [5.74, 6) is 0.139. The standard InChI is InChI=1S/C19H24N2O2S/c1-2-6-18-11-15(14-24-18)19(22)21-10-5-8-17(12-21)23-13-16-7-3-4-9-20-16/h3-4,7,9,11,14,17H,2,5-6,8,10,12-13H2,1H3. The second-order valence-electron chi connectivity index (χ2n) is 6.20. The molecule has 2 aromatic rings. The zero-order valence-corrected chi connectivity index (χ0v) is 14.9. The lowest BCUT2D eigenvalue weighted by molar-refractivity contribution is -0.00783. The topological polar surface area (TPSA) is 42.4 Å². The number of thiophene rings is 1. The van der Waals surface area contributed by atoms with E-state index < -0.39 is 0 Å². The third kappa shape index (κ3) is 4.42. The number of rotatable bonds is 6. The highest BCUT2D eigenvalue weighted by molar-refractivity contribution is 7.10. The Balaban J connectivity index is 1.55. The first-order valence-corrected chi connectivity index (χ1v) is 9.52. The van der Waals surface area contributed by atoms with Gasteiger partial charge in [0.2, 0.25) is 0 Å². The number of ether oxygens (including phenoxy) is 1. The zero-order valence-electron chi connectivity index (χ0n) is 14.1. The van der Waals surface area contributed by atoms with E-state index in [0.717, 1.165) is 43.5 Å². The second-order valence-corrected chi connectivity index (χ2v) is 7.19. The monoisotopic (exact) mass is 344 g/mol. The number of nitrogens with zero attached hydrogens (tertiary/aromatic N) is 2. The number of hydrogen-bond donors (Lipinski definition) is 0. The number of piperidine rings is 1. The van der Waals surface area contributed by atoms with Gasteiger partial charge in [0, 0.05) is 29.5 Å². The lowest BCUT2D eigenvalue weighted by Gasteiger charge is -2.32. The van der Waals surface area contributed by atoms with E-state index in [0.29, 0.717) is 13.2 Å². The Morgan fingerprint density at radius 3 is 3.17 bits per heavy atom. The molecule has 1 unspecified atom stereocenters. The highest BCUT2D eigenvalue weighted by Gasteiger charge is 2.25. The van der Waals surface area contributed by atoms with Gasteiger partial charge >= 0.3 is 0 Å². The fourth-order valence-corrected chi connectivity index (χ4v) is 3.96. The SMILES string of the molecule is CCCc1cc(C(=O)N2CCCC(OCc3ccccn3)C2)cs1. The Morgan fingerprint density at radius 2 is 2.38 bits per heavy atom. The molecule has 1 amide bonds. The van der Waals surface area contributed by atoms with Crippen LogP contribution in [0, 0.1) is 0 Å². The highest BCUT2D eigenvalue weighted by atomic mass is 32.1. The number of carbonyl (C=O) groups is 1. The summed E-state index contributed by atoms with van der Waals surface area (Å²) in [4.78, 5) is 20.2. The lowest BCUT2D eigenvalue weighted by atomic mass is 10.1. The van der Waals surface area contributed by atoms with E-state index in [1.807, 2.05) is 28.5 Å². The number of amides is 1. The molecule has 0 spiro atoms. The first kappa shape index (κ1) is 17.1. The summed E-state index contributed by atoms with van der Waals surface area (Å²) in [6.45, 7) is 4.16. The lowest BCUT2D eigenvalue weighted by Crippen LogP contribution is -2.43. The molecule has 0 aliphatic carbocycles. The number of likely N-dealkylation sites (tertiary alicyclic amines) is 1. The molecular formula is C19H24N2O2S. The van der Waals surface area contributed by atoms with E-state index in [4.69, 9.17) is 4.74 Å². The van der Waals surface area contributed by atoms with Crippen molar-refractivity contribution < 1.29 is 9.53 Å². The van der Waals surface area contributed by atoms with E-state index in [9.17, 15) is 4.79 Å². The summed E-state index contributed by atoms with van der Waals surface area (Å²) in [5.41, 5.74) is 1.76. The van der Waals surface area contributed by atoms with Gasteiger partial charge in [0.25, 0.3) is 5.91 Å². The molecular weight excluding hydrogens is 320 g/mol. The molecule has 2 aromatic heterocycles. The summed E-state index contributed by atoms with van der Waals surface area (Å²) in [5, 5.41) is 1.99. The molecule has 1 fully saturated rings. The number of aromatic nitrogens is 1. The summed E-state index contributed by atoms with van der Waals surface area (Å²) < 4.78 is 5.98. The minimum atomic E-state index is 0.0958. The van der Waals surface area contributed by atoms with Crippen molar-refractivity contribution in [2.24, 2.45) is 0 Å². The van der Waals surface area contributed by atoms with Crippen LogP contribution < -0.4 is 0 Å². The predicted molar refractivity (Wildman–Crippen MR) is 96.3 cm³/mol. The summed E-state index contributed by atoms with van der Waals surface area (Å²) in [6.07, 6.45) is 6.03. The molecule has 1 aliphatic rings. The average molecular weight is 344 g/mol. The minimum Gasteiger partial charge on any atom is -0.370 e. The summed E-state index contributed by atoms with van der Waals surface area (Å²) in [6, 6.07) is 7.88. The van der Waals surface area contributed by atoms with Crippen LogP contribution in [-0.4, -0.2) is 35.0 Å². The minimum absolute atomic E-state index is 0.0958. The number of pyridine rings is 1. The fraction of sp³-hybridized carbons (Fsp3) is 0.474. The molecule has 0 N–H and O–H groups in total. The van der Waals surface area contributed by atoms with Crippen molar-refractivity contribution >= 4 is 17.2 Å². The van der Waals surface area contributed by atoms with E-state index in [2.05, 4.69) is 18.0 Å². The van der Waals surface area contributed by atoms with Crippen LogP contribution in [0.15, 0.2) is 35.8 Å². The van der Waals surface area contributed by atoms with Gasteiger partial charge in [-0.25, -0.2) is 0 Å². The number of aryl methyl sites for hydroxylation is 1. The predicted octanol–water partition coefficient (Wildman–Crippen LogP) is 3.92. The Hall–Kier alpha value is -1.72.